The van der Waals surface area contributed by atoms with Gasteiger partial charge in [-0.1, -0.05) is 159 Å². The molecule has 0 saturated carbocycles. The molecule has 0 fully saturated rings. The minimum Gasteiger partial charge on any atom is -0.228 e. The van der Waals surface area contributed by atoms with Crippen LogP contribution in [0.3, 0.4) is 0 Å². The van der Waals surface area contributed by atoms with Crippen molar-refractivity contribution in [3.05, 3.63) is 181 Å². The van der Waals surface area contributed by atoms with Crippen molar-refractivity contribution in [2.24, 2.45) is 0 Å². The zero-order valence-electron chi connectivity index (χ0n) is 28.6. The number of rotatable bonds is 4. The van der Waals surface area contributed by atoms with Gasteiger partial charge < -0.3 is 0 Å². The summed E-state index contributed by atoms with van der Waals surface area (Å²) in [6.45, 7) is 4.75. The Bertz CT molecular complexity index is 2830. The maximum atomic E-state index is 5.26. The van der Waals surface area contributed by atoms with Crippen LogP contribution in [0, 0.1) is 0 Å². The normalized spacial score (nSPS) is 13.1. The Morgan fingerprint density at radius 3 is 1.75 bits per heavy atom. The maximum Gasteiger partial charge on any atom is 0.161 e. The van der Waals surface area contributed by atoms with Crippen LogP contribution in [0.1, 0.15) is 25.0 Å². The van der Waals surface area contributed by atoms with E-state index in [1.165, 1.54) is 60.3 Å². The highest BCUT2D eigenvalue weighted by Gasteiger charge is 2.37. The second kappa shape index (κ2) is 11.3. The summed E-state index contributed by atoms with van der Waals surface area (Å²) in [5, 5.41) is 7.37. The van der Waals surface area contributed by atoms with Gasteiger partial charge >= 0.3 is 0 Å². The highest BCUT2D eigenvalue weighted by molar-refractivity contribution is 6.05. The standard InChI is InChI=1S/C49H34N2/c1-49(2)44-29-35(23-24-41(44)42-25-22-32-13-8-9-17-38(32)47(42)49)37-26-27-43(40-19-11-10-18-39(37)40)48-50-45(33-14-4-3-5-15-33)30-46(51-48)36-21-20-31-12-6-7-16-34(31)28-36/h3-30H,1-2H3. The monoisotopic (exact) mass is 650 g/mol. The number of benzene rings is 8. The van der Waals surface area contributed by atoms with Gasteiger partial charge in [-0.3, -0.25) is 0 Å². The van der Waals surface area contributed by atoms with Crippen molar-refractivity contribution in [1.82, 2.24) is 9.97 Å². The van der Waals surface area contributed by atoms with E-state index in [0.29, 0.717) is 0 Å². The first kappa shape index (κ1) is 29.5. The molecule has 1 heterocycles. The predicted octanol–water partition coefficient (Wildman–Crippen LogP) is 12.9. The summed E-state index contributed by atoms with van der Waals surface area (Å²) in [5.74, 6) is 0.722. The second-order valence-electron chi connectivity index (χ2n) is 14.2. The third-order valence-corrected chi connectivity index (χ3v) is 10.9. The fraction of sp³-hybridized carbons (Fsp3) is 0.0612. The van der Waals surface area contributed by atoms with Crippen molar-refractivity contribution >= 4 is 32.3 Å². The molecule has 0 radical (unpaired) electrons. The predicted molar refractivity (Wildman–Crippen MR) is 214 cm³/mol. The molecular weight excluding hydrogens is 617 g/mol. The van der Waals surface area contributed by atoms with Gasteiger partial charge in [0.1, 0.15) is 0 Å². The van der Waals surface area contributed by atoms with Crippen molar-refractivity contribution < 1.29 is 0 Å². The van der Waals surface area contributed by atoms with E-state index >= 15 is 0 Å². The van der Waals surface area contributed by atoms with Crippen LogP contribution in [0.5, 0.6) is 0 Å². The summed E-state index contributed by atoms with van der Waals surface area (Å²) in [5.41, 5.74) is 12.8. The first-order chi connectivity index (χ1) is 25.0. The summed E-state index contributed by atoms with van der Waals surface area (Å²) < 4.78 is 0. The van der Waals surface area contributed by atoms with Gasteiger partial charge in [0.15, 0.2) is 5.82 Å². The van der Waals surface area contributed by atoms with Crippen LogP contribution < -0.4 is 0 Å². The Morgan fingerprint density at radius 2 is 0.941 bits per heavy atom. The molecule has 2 nitrogen and oxygen atoms in total. The van der Waals surface area contributed by atoms with E-state index in [1.807, 2.05) is 6.07 Å². The Hall–Kier alpha value is -6.38. The lowest BCUT2D eigenvalue weighted by Gasteiger charge is -2.24. The van der Waals surface area contributed by atoms with E-state index in [4.69, 9.17) is 9.97 Å². The summed E-state index contributed by atoms with van der Waals surface area (Å²) in [7, 11) is 0. The molecule has 2 heteroatoms. The number of hydrogen-bond acceptors (Lipinski definition) is 2. The molecule has 0 unspecified atom stereocenters. The molecular formula is C49H34N2. The van der Waals surface area contributed by atoms with E-state index in [-0.39, 0.29) is 5.41 Å². The Kier molecular flexibility index (Phi) is 6.56. The number of nitrogens with zero attached hydrogens (tertiary/aromatic N) is 2. The molecule has 9 aromatic rings. The minimum atomic E-state index is -0.123. The van der Waals surface area contributed by atoms with Gasteiger partial charge in [0, 0.05) is 22.1 Å². The topological polar surface area (TPSA) is 25.8 Å². The first-order valence-corrected chi connectivity index (χ1v) is 17.7. The molecule has 1 aliphatic carbocycles. The highest BCUT2D eigenvalue weighted by atomic mass is 14.9. The van der Waals surface area contributed by atoms with Crippen molar-refractivity contribution in [3.8, 4) is 56.2 Å². The van der Waals surface area contributed by atoms with Gasteiger partial charge in [0.25, 0.3) is 0 Å². The fourth-order valence-corrected chi connectivity index (χ4v) is 8.33. The molecule has 0 aliphatic heterocycles. The lowest BCUT2D eigenvalue weighted by Crippen LogP contribution is -2.15. The van der Waals surface area contributed by atoms with Crippen LogP contribution >= 0.6 is 0 Å². The van der Waals surface area contributed by atoms with Crippen molar-refractivity contribution in [3.63, 3.8) is 0 Å². The molecule has 51 heavy (non-hydrogen) atoms. The average molecular weight is 651 g/mol. The van der Waals surface area contributed by atoms with Crippen molar-refractivity contribution in [2.45, 2.75) is 19.3 Å². The molecule has 8 aromatic carbocycles. The summed E-state index contributed by atoms with van der Waals surface area (Å²) >= 11 is 0. The highest BCUT2D eigenvalue weighted by Crippen LogP contribution is 2.52. The van der Waals surface area contributed by atoms with Crippen molar-refractivity contribution in [1.29, 1.82) is 0 Å². The molecule has 0 bridgehead atoms. The third-order valence-electron chi connectivity index (χ3n) is 10.9. The number of aromatic nitrogens is 2. The average Bonchev–Trinajstić information content (AvgIpc) is 3.43. The van der Waals surface area contributed by atoms with Crippen LogP contribution in [-0.2, 0) is 5.41 Å². The Labute approximate surface area is 297 Å². The molecule has 0 spiro atoms. The Balaban J connectivity index is 1.13. The first-order valence-electron chi connectivity index (χ1n) is 17.7. The third kappa shape index (κ3) is 4.71. The molecule has 0 N–H and O–H groups in total. The second-order valence-corrected chi connectivity index (χ2v) is 14.2. The van der Waals surface area contributed by atoms with Gasteiger partial charge in [-0.2, -0.15) is 0 Å². The summed E-state index contributed by atoms with van der Waals surface area (Å²) in [4.78, 5) is 10.5. The van der Waals surface area contributed by atoms with Gasteiger partial charge in [-0.25, -0.2) is 9.97 Å². The van der Waals surface area contributed by atoms with Crippen LogP contribution in [0.15, 0.2) is 170 Å². The zero-order chi connectivity index (χ0) is 34.1. The molecule has 10 rings (SSSR count). The zero-order valence-corrected chi connectivity index (χ0v) is 28.6. The molecule has 0 saturated heterocycles. The molecule has 240 valence electrons. The van der Waals surface area contributed by atoms with Gasteiger partial charge in [0.2, 0.25) is 0 Å². The van der Waals surface area contributed by atoms with Crippen molar-refractivity contribution in [2.75, 3.05) is 0 Å². The van der Waals surface area contributed by atoms with Gasteiger partial charge in [-0.15, -0.1) is 0 Å². The minimum absolute atomic E-state index is 0.123. The number of hydrogen-bond donors (Lipinski definition) is 0. The van der Waals surface area contributed by atoms with E-state index in [1.54, 1.807) is 0 Å². The SMILES string of the molecule is CC1(C)c2cc(-c3ccc(-c4nc(-c5ccccc5)cc(-c5ccc6ccccc6c5)n4)c4ccccc34)ccc2-c2ccc3ccccc3c21. The largest absolute Gasteiger partial charge is 0.228 e. The van der Waals surface area contributed by atoms with Crippen LogP contribution in [0.2, 0.25) is 0 Å². The van der Waals surface area contributed by atoms with Gasteiger partial charge in [-0.05, 0) is 90.0 Å². The lowest BCUT2D eigenvalue weighted by atomic mass is 9.79. The van der Waals surface area contributed by atoms with E-state index in [0.717, 1.165) is 39.3 Å². The fourth-order valence-electron chi connectivity index (χ4n) is 8.33. The maximum absolute atomic E-state index is 5.26. The van der Waals surface area contributed by atoms with Crippen LogP contribution in [-0.4, -0.2) is 9.97 Å². The van der Waals surface area contributed by atoms with E-state index < -0.39 is 0 Å². The summed E-state index contributed by atoms with van der Waals surface area (Å²) in [6, 6.07) is 61.2. The molecule has 1 aliphatic rings. The molecule has 1 aromatic heterocycles. The lowest BCUT2D eigenvalue weighted by molar-refractivity contribution is 0.666. The smallest absolute Gasteiger partial charge is 0.161 e. The number of fused-ring (bicyclic) bond motifs is 7. The molecule has 0 atom stereocenters. The van der Waals surface area contributed by atoms with E-state index in [2.05, 4.69) is 178 Å². The van der Waals surface area contributed by atoms with E-state index in [9.17, 15) is 0 Å². The van der Waals surface area contributed by atoms with Gasteiger partial charge in [0.05, 0.1) is 11.4 Å². The van der Waals surface area contributed by atoms with Crippen LogP contribution in [0.25, 0.3) is 88.5 Å². The molecule has 0 amide bonds. The van der Waals surface area contributed by atoms with Crippen LogP contribution in [0.4, 0.5) is 0 Å². The quantitative estimate of drug-likeness (QED) is 0.189. The Morgan fingerprint density at radius 1 is 0.373 bits per heavy atom. The summed E-state index contributed by atoms with van der Waals surface area (Å²) in [6.07, 6.45) is 0.